The van der Waals surface area contributed by atoms with Gasteiger partial charge in [-0.15, -0.1) is 0 Å². The number of rotatable bonds is 11. The third-order valence-corrected chi connectivity index (χ3v) is 8.89. The first-order chi connectivity index (χ1) is 17.5. The molecule has 17 nitrogen and oxygen atoms in total. The molecular weight excluding hydrogens is 584 g/mol. The second kappa shape index (κ2) is 11.7. The molecule has 0 spiro atoms. The molecule has 1 aliphatic rings. The van der Waals surface area contributed by atoms with Crippen LogP contribution in [0.1, 0.15) is 11.8 Å². The summed E-state index contributed by atoms with van der Waals surface area (Å²) in [7, 11) is -17.0. The van der Waals surface area contributed by atoms with E-state index < -0.39 is 71.7 Å². The van der Waals surface area contributed by atoms with Crippen molar-refractivity contribution in [2.45, 2.75) is 37.5 Å². The summed E-state index contributed by atoms with van der Waals surface area (Å²) in [6.45, 7) is -1.35. The van der Waals surface area contributed by atoms with E-state index in [-0.39, 0.29) is 18.5 Å². The number of aromatic nitrogens is 2. The predicted octanol–water partition coefficient (Wildman–Crippen LogP) is -0.646. The molecule has 1 aromatic carbocycles. The van der Waals surface area contributed by atoms with E-state index in [9.17, 15) is 47.7 Å². The number of aryl methyl sites for hydroxylation is 1. The van der Waals surface area contributed by atoms with Crippen LogP contribution in [0.25, 0.3) is 0 Å². The second-order valence-corrected chi connectivity index (χ2v) is 12.2. The van der Waals surface area contributed by atoms with Gasteiger partial charge >= 0.3 is 29.2 Å². The van der Waals surface area contributed by atoms with Crippen LogP contribution in [0.15, 0.2) is 46.1 Å². The lowest BCUT2D eigenvalue weighted by Gasteiger charge is -2.19. The third-order valence-electron chi connectivity index (χ3n) is 5.09. The molecule has 0 radical (unpaired) electrons. The van der Waals surface area contributed by atoms with Crippen molar-refractivity contribution >= 4 is 23.5 Å². The Balaban J connectivity index is 1.72. The van der Waals surface area contributed by atoms with Crippen LogP contribution >= 0.6 is 23.5 Å². The SMILES string of the molecule is O=c1ccn([C@@H]2O[C@H](COP(=O)(O)OP(=O)(O)OP(=O)(O)O)[C@H](O)C2O)c(=O)n1CCc1ccccc1F. The van der Waals surface area contributed by atoms with E-state index in [1.165, 1.54) is 18.2 Å². The number of phosphoric acid groups is 3. The number of phosphoric ester groups is 1. The fourth-order valence-corrected chi connectivity index (χ4v) is 6.46. The first-order valence-corrected chi connectivity index (χ1v) is 14.9. The maximum atomic E-state index is 13.9. The van der Waals surface area contributed by atoms with Crippen LogP contribution in [0.5, 0.6) is 0 Å². The lowest BCUT2D eigenvalue weighted by Crippen LogP contribution is -2.43. The molecule has 1 aliphatic heterocycles. The molecule has 0 amide bonds. The minimum Gasteiger partial charge on any atom is -0.387 e. The minimum absolute atomic E-state index is 0.0365. The van der Waals surface area contributed by atoms with E-state index in [1.807, 2.05) is 0 Å². The van der Waals surface area contributed by atoms with Gasteiger partial charge in [0, 0.05) is 18.8 Å². The molecule has 0 saturated carbocycles. The highest BCUT2D eigenvalue weighted by Gasteiger charge is 2.46. The lowest BCUT2D eigenvalue weighted by molar-refractivity contribution is -0.0548. The van der Waals surface area contributed by atoms with Gasteiger partial charge in [0.2, 0.25) is 0 Å². The Hall–Kier alpha value is -1.88. The summed E-state index contributed by atoms with van der Waals surface area (Å²) in [5.74, 6) is -0.548. The standard InChI is InChI=1S/C17H22FN2O15P3/c18-11-4-2-1-3-10(11)5-7-19-13(21)6-8-20(17(19)24)16-15(23)14(22)12(33-16)9-32-37(28,29)35-38(30,31)34-36(25,26)27/h1-4,6,8,12,14-16,22-23H,5,7,9H2,(H,28,29)(H,30,31)(H2,25,26,27)/t12-,14+,15?,16-/m1/s1. The molecule has 1 aromatic heterocycles. The Morgan fingerprint density at radius 2 is 1.61 bits per heavy atom. The van der Waals surface area contributed by atoms with Gasteiger partial charge in [0.15, 0.2) is 6.23 Å². The average molecular weight is 606 g/mol. The highest BCUT2D eigenvalue weighted by molar-refractivity contribution is 7.66. The Labute approximate surface area is 211 Å². The van der Waals surface area contributed by atoms with Crippen LogP contribution in [-0.2, 0) is 44.5 Å². The van der Waals surface area contributed by atoms with Crippen molar-refractivity contribution in [3.05, 3.63) is 68.7 Å². The van der Waals surface area contributed by atoms with Gasteiger partial charge in [-0.1, -0.05) is 18.2 Å². The molecule has 2 heterocycles. The fraction of sp³-hybridized carbons (Fsp3) is 0.412. The van der Waals surface area contributed by atoms with Gasteiger partial charge in [-0.3, -0.25) is 18.5 Å². The van der Waals surface area contributed by atoms with Crippen molar-refractivity contribution < 1.29 is 65.8 Å². The van der Waals surface area contributed by atoms with Gasteiger partial charge < -0.3 is 34.5 Å². The molecule has 21 heteroatoms. The molecule has 212 valence electrons. The first kappa shape index (κ1) is 30.7. The molecule has 0 bridgehead atoms. The number of halogens is 1. The van der Waals surface area contributed by atoms with Crippen molar-refractivity contribution in [2.24, 2.45) is 0 Å². The van der Waals surface area contributed by atoms with E-state index in [1.54, 1.807) is 6.07 Å². The van der Waals surface area contributed by atoms with Crippen molar-refractivity contribution in [1.29, 1.82) is 0 Å². The molecule has 1 fully saturated rings. The zero-order chi connectivity index (χ0) is 28.5. The third kappa shape index (κ3) is 7.83. The van der Waals surface area contributed by atoms with Gasteiger partial charge in [0.05, 0.1) is 6.61 Å². The maximum Gasteiger partial charge on any atom is 0.490 e. The molecular formula is C17H22FN2O15P3. The molecule has 3 unspecified atom stereocenters. The zero-order valence-corrected chi connectivity index (χ0v) is 21.5. The number of aliphatic hydroxyl groups excluding tert-OH is 2. The number of hydrogen-bond donors (Lipinski definition) is 6. The summed E-state index contributed by atoms with van der Waals surface area (Å²) in [5.41, 5.74) is -1.52. The van der Waals surface area contributed by atoms with Gasteiger partial charge in [0.1, 0.15) is 24.1 Å². The molecule has 6 N–H and O–H groups in total. The van der Waals surface area contributed by atoms with E-state index in [0.29, 0.717) is 0 Å². The predicted molar refractivity (Wildman–Crippen MR) is 121 cm³/mol. The van der Waals surface area contributed by atoms with Gasteiger partial charge in [-0.05, 0) is 18.1 Å². The molecule has 6 atom stereocenters. The van der Waals surface area contributed by atoms with Gasteiger partial charge in [-0.2, -0.15) is 8.62 Å². The van der Waals surface area contributed by atoms with Crippen LogP contribution in [0.3, 0.4) is 0 Å². The van der Waals surface area contributed by atoms with Crippen molar-refractivity contribution in [1.82, 2.24) is 9.13 Å². The van der Waals surface area contributed by atoms with E-state index in [4.69, 9.17) is 14.5 Å². The number of hydrogen-bond acceptors (Lipinski definition) is 11. The first-order valence-electron chi connectivity index (χ1n) is 10.3. The van der Waals surface area contributed by atoms with Crippen LogP contribution in [0.2, 0.25) is 0 Å². The molecule has 3 rings (SSSR count). The number of benzene rings is 1. The maximum absolute atomic E-state index is 13.9. The lowest BCUT2D eigenvalue weighted by atomic mass is 10.1. The van der Waals surface area contributed by atoms with Crippen LogP contribution in [0, 0.1) is 5.82 Å². The van der Waals surface area contributed by atoms with E-state index in [2.05, 4.69) is 13.1 Å². The second-order valence-electron chi connectivity index (χ2n) is 7.77. The topological polar surface area (TPSA) is 254 Å². The summed E-state index contributed by atoms with van der Waals surface area (Å²) >= 11 is 0. The van der Waals surface area contributed by atoms with E-state index in [0.717, 1.165) is 21.4 Å². The molecule has 2 aromatic rings. The Kier molecular flexibility index (Phi) is 9.44. The highest BCUT2D eigenvalue weighted by Crippen LogP contribution is 2.66. The van der Waals surface area contributed by atoms with Crippen molar-refractivity contribution in [3.8, 4) is 0 Å². The summed E-state index contributed by atoms with van der Waals surface area (Å²) in [6, 6.07) is 6.64. The fourth-order valence-electron chi connectivity index (χ4n) is 3.43. The summed E-state index contributed by atoms with van der Waals surface area (Å²) < 4.78 is 66.2. The minimum atomic E-state index is -5.79. The smallest absolute Gasteiger partial charge is 0.387 e. The Morgan fingerprint density at radius 3 is 2.24 bits per heavy atom. The van der Waals surface area contributed by atoms with E-state index >= 15 is 0 Å². The van der Waals surface area contributed by atoms with Gasteiger partial charge in [0.25, 0.3) is 5.56 Å². The Bertz CT molecular complexity index is 1420. The van der Waals surface area contributed by atoms with Gasteiger partial charge in [-0.25, -0.2) is 22.9 Å². The number of aliphatic hydroxyl groups is 2. The van der Waals surface area contributed by atoms with Crippen molar-refractivity contribution in [3.63, 3.8) is 0 Å². The molecule has 38 heavy (non-hydrogen) atoms. The normalized spacial score (nSPS) is 25.1. The zero-order valence-electron chi connectivity index (χ0n) is 18.9. The summed E-state index contributed by atoms with van der Waals surface area (Å²) in [4.78, 5) is 61.0. The molecule has 1 saturated heterocycles. The monoisotopic (exact) mass is 606 g/mol. The number of nitrogens with zero attached hydrogens (tertiary/aromatic N) is 2. The Morgan fingerprint density at radius 1 is 0.947 bits per heavy atom. The quantitative estimate of drug-likeness (QED) is 0.174. The molecule has 0 aliphatic carbocycles. The largest absolute Gasteiger partial charge is 0.490 e. The highest BCUT2D eigenvalue weighted by atomic mass is 31.3. The van der Waals surface area contributed by atoms with Crippen LogP contribution < -0.4 is 11.2 Å². The van der Waals surface area contributed by atoms with Crippen LogP contribution in [-0.4, -0.2) is 63.8 Å². The number of ether oxygens (including phenoxy) is 1. The van der Waals surface area contributed by atoms with Crippen molar-refractivity contribution in [2.75, 3.05) is 6.61 Å². The average Bonchev–Trinajstić information content (AvgIpc) is 3.05. The summed E-state index contributed by atoms with van der Waals surface area (Å²) in [6.07, 6.45) is -6.09. The summed E-state index contributed by atoms with van der Waals surface area (Å²) in [5, 5.41) is 20.6. The van der Waals surface area contributed by atoms with Crippen LogP contribution in [0.4, 0.5) is 4.39 Å².